The van der Waals surface area contributed by atoms with Crippen molar-refractivity contribution in [1.82, 2.24) is 20.2 Å². The van der Waals surface area contributed by atoms with Gasteiger partial charge in [-0.25, -0.2) is 4.98 Å². The summed E-state index contributed by atoms with van der Waals surface area (Å²) >= 11 is 0. The van der Waals surface area contributed by atoms with Gasteiger partial charge in [-0.3, -0.25) is 5.10 Å². The van der Waals surface area contributed by atoms with E-state index in [-0.39, 0.29) is 6.10 Å². The molecule has 2 saturated heterocycles. The Balaban J connectivity index is 1.43. The molecule has 4 heterocycles. The maximum Gasteiger partial charge on any atom is 0.227 e. The van der Waals surface area contributed by atoms with Crippen LogP contribution < -0.4 is 9.80 Å². The summed E-state index contributed by atoms with van der Waals surface area (Å²) in [7, 11) is 0. The lowest BCUT2D eigenvalue weighted by molar-refractivity contribution is 0.198. The van der Waals surface area contributed by atoms with Crippen LogP contribution in [0.3, 0.4) is 0 Å². The van der Waals surface area contributed by atoms with E-state index in [2.05, 4.69) is 31.0 Å². The standard InChI is InChI=1S/C16H22N6O/c23-13-5-10-22(11-13)15-2-6-17-16(19-15)21-8-3-12(4-9-21)14-1-7-18-20-14/h1-2,6-7,12-13,23H,3-5,8-11H2,(H,18,20). The number of aliphatic hydroxyl groups is 1. The molecule has 0 radical (unpaired) electrons. The first-order valence-electron chi connectivity index (χ1n) is 8.30. The van der Waals surface area contributed by atoms with E-state index in [1.54, 1.807) is 0 Å². The van der Waals surface area contributed by atoms with E-state index < -0.39 is 0 Å². The molecule has 0 amide bonds. The topological polar surface area (TPSA) is 81.2 Å². The van der Waals surface area contributed by atoms with Crippen molar-refractivity contribution in [3.63, 3.8) is 0 Å². The molecule has 4 rings (SSSR count). The van der Waals surface area contributed by atoms with Crippen molar-refractivity contribution in [3.05, 3.63) is 30.2 Å². The van der Waals surface area contributed by atoms with E-state index in [0.717, 1.165) is 50.7 Å². The van der Waals surface area contributed by atoms with Crippen LogP contribution in [-0.2, 0) is 0 Å². The van der Waals surface area contributed by atoms with E-state index >= 15 is 0 Å². The maximum atomic E-state index is 9.70. The lowest BCUT2D eigenvalue weighted by Crippen LogP contribution is -2.34. The molecular formula is C16H22N6O. The second-order valence-electron chi connectivity index (χ2n) is 6.38. The molecule has 2 N–H and O–H groups in total. The second kappa shape index (κ2) is 6.16. The van der Waals surface area contributed by atoms with E-state index in [4.69, 9.17) is 4.98 Å². The molecule has 2 aliphatic rings. The maximum absolute atomic E-state index is 9.70. The third-order valence-corrected chi connectivity index (χ3v) is 4.86. The SMILES string of the molecule is OC1CCN(c2ccnc(N3CCC(c4ccn[nH]4)CC3)n2)C1. The Kier molecular flexibility index (Phi) is 3.87. The van der Waals surface area contributed by atoms with Crippen molar-refractivity contribution in [2.45, 2.75) is 31.3 Å². The number of nitrogens with zero attached hydrogens (tertiary/aromatic N) is 5. The van der Waals surface area contributed by atoms with E-state index in [0.29, 0.717) is 12.5 Å². The molecule has 2 aromatic heterocycles. The molecule has 23 heavy (non-hydrogen) atoms. The van der Waals surface area contributed by atoms with Crippen LogP contribution >= 0.6 is 0 Å². The molecule has 0 aromatic carbocycles. The summed E-state index contributed by atoms with van der Waals surface area (Å²) in [6.07, 6.45) is 6.38. The summed E-state index contributed by atoms with van der Waals surface area (Å²) in [5.74, 6) is 2.26. The monoisotopic (exact) mass is 314 g/mol. The highest BCUT2D eigenvalue weighted by molar-refractivity contribution is 5.45. The van der Waals surface area contributed by atoms with Crippen LogP contribution in [0.25, 0.3) is 0 Å². The zero-order chi connectivity index (χ0) is 15.6. The summed E-state index contributed by atoms with van der Waals surface area (Å²) in [6.45, 7) is 3.43. The first kappa shape index (κ1) is 14.4. The fourth-order valence-electron chi connectivity index (χ4n) is 3.50. The van der Waals surface area contributed by atoms with Gasteiger partial charge in [-0.1, -0.05) is 0 Å². The molecule has 0 saturated carbocycles. The Morgan fingerprint density at radius 3 is 2.57 bits per heavy atom. The molecule has 2 fully saturated rings. The van der Waals surface area contributed by atoms with Crippen LogP contribution in [0.15, 0.2) is 24.5 Å². The molecule has 2 aliphatic heterocycles. The summed E-state index contributed by atoms with van der Waals surface area (Å²) < 4.78 is 0. The fourth-order valence-corrected chi connectivity index (χ4v) is 3.50. The minimum absolute atomic E-state index is 0.237. The third kappa shape index (κ3) is 3.01. The quantitative estimate of drug-likeness (QED) is 0.885. The highest BCUT2D eigenvalue weighted by Crippen LogP contribution is 2.28. The van der Waals surface area contributed by atoms with Gasteiger partial charge in [0.05, 0.1) is 6.10 Å². The van der Waals surface area contributed by atoms with Crippen molar-refractivity contribution in [1.29, 1.82) is 0 Å². The van der Waals surface area contributed by atoms with Gasteiger partial charge in [0.15, 0.2) is 0 Å². The van der Waals surface area contributed by atoms with Gasteiger partial charge in [0.2, 0.25) is 5.95 Å². The van der Waals surface area contributed by atoms with Crippen LogP contribution in [0.5, 0.6) is 0 Å². The van der Waals surface area contributed by atoms with Crippen LogP contribution in [0.2, 0.25) is 0 Å². The van der Waals surface area contributed by atoms with Gasteiger partial charge in [0.25, 0.3) is 0 Å². The Morgan fingerprint density at radius 1 is 1.04 bits per heavy atom. The number of H-pyrrole nitrogens is 1. The summed E-state index contributed by atoms with van der Waals surface area (Å²) in [5.41, 5.74) is 1.23. The van der Waals surface area contributed by atoms with E-state index in [1.807, 2.05) is 18.5 Å². The Labute approximate surface area is 135 Å². The molecule has 7 nitrogen and oxygen atoms in total. The van der Waals surface area contributed by atoms with Crippen molar-refractivity contribution in [2.24, 2.45) is 0 Å². The van der Waals surface area contributed by atoms with E-state index in [9.17, 15) is 5.11 Å². The van der Waals surface area contributed by atoms with Gasteiger partial charge in [0.1, 0.15) is 5.82 Å². The highest BCUT2D eigenvalue weighted by Gasteiger charge is 2.25. The molecular weight excluding hydrogens is 292 g/mol. The number of aliphatic hydroxyl groups excluding tert-OH is 1. The smallest absolute Gasteiger partial charge is 0.227 e. The lowest BCUT2D eigenvalue weighted by Gasteiger charge is -2.31. The average Bonchev–Trinajstić information content (AvgIpc) is 3.27. The number of hydrogen-bond donors (Lipinski definition) is 2. The average molecular weight is 314 g/mol. The normalized spacial score (nSPS) is 22.7. The van der Waals surface area contributed by atoms with Crippen LogP contribution in [0.1, 0.15) is 30.9 Å². The van der Waals surface area contributed by atoms with Crippen LogP contribution in [-0.4, -0.2) is 57.6 Å². The zero-order valence-corrected chi connectivity index (χ0v) is 13.1. The van der Waals surface area contributed by atoms with Gasteiger partial charge in [0, 0.05) is 50.2 Å². The first-order valence-corrected chi connectivity index (χ1v) is 8.30. The number of anilines is 2. The predicted octanol–water partition coefficient (Wildman–Crippen LogP) is 1.15. The number of β-amino-alcohol motifs (C(OH)–C–C–N with tert-alkyl or cyclic N) is 1. The van der Waals surface area contributed by atoms with Gasteiger partial charge in [-0.15, -0.1) is 0 Å². The summed E-state index contributed by atoms with van der Waals surface area (Å²) in [4.78, 5) is 13.5. The van der Waals surface area contributed by atoms with Gasteiger partial charge in [-0.2, -0.15) is 10.1 Å². The number of aromatic nitrogens is 4. The Hall–Kier alpha value is -2.15. The zero-order valence-electron chi connectivity index (χ0n) is 13.1. The van der Waals surface area contributed by atoms with Crippen LogP contribution in [0.4, 0.5) is 11.8 Å². The first-order chi connectivity index (χ1) is 11.3. The van der Waals surface area contributed by atoms with Crippen molar-refractivity contribution in [3.8, 4) is 0 Å². The molecule has 122 valence electrons. The second-order valence-corrected chi connectivity index (χ2v) is 6.38. The van der Waals surface area contributed by atoms with Crippen molar-refractivity contribution >= 4 is 11.8 Å². The molecule has 1 unspecified atom stereocenters. The van der Waals surface area contributed by atoms with Crippen molar-refractivity contribution in [2.75, 3.05) is 36.0 Å². The summed E-state index contributed by atoms with van der Waals surface area (Å²) in [5, 5.41) is 16.8. The number of rotatable bonds is 3. The van der Waals surface area contributed by atoms with Crippen LogP contribution in [0, 0.1) is 0 Å². The van der Waals surface area contributed by atoms with Gasteiger partial charge < -0.3 is 14.9 Å². The minimum Gasteiger partial charge on any atom is -0.391 e. The minimum atomic E-state index is -0.237. The molecule has 1 atom stereocenters. The summed E-state index contributed by atoms with van der Waals surface area (Å²) in [6, 6.07) is 4.00. The molecule has 0 bridgehead atoms. The lowest BCUT2D eigenvalue weighted by atomic mass is 9.94. The third-order valence-electron chi connectivity index (χ3n) is 4.86. The fraction of sp³-hybridized carbons (Fsp3) is 0.562. The molecule has 2 aromatic rings. The Bertz CT molecular complexity index is 638. The number of nitrogens with one attached hydrogen (secondary N) is 1. The van der Waals surface area contributed by atoms with E-state index in [1.165, 1.54) is 5.69 Å². The number of piperidine rings is 1. The molecule has 7 heteroatoms. The van der Waals surface area contributed by atoms with Crippen molar-refractivity contribution < 1.29 is 5.11 Å². The number of hydrogen-bond acceptors (Lipinski definition) is 6. The highest BCUT2D eigenvalue weighted by atomic mass is 16.3. The predicted molar refractivity (Wildman–Crippen MR) is 87.6 cm³/mol. The van der Waals surface area contributed by atoms with Gasteiger partial charge >= 0.3 is 0 Å². The molecule has 0 aliphatic carbocycles. The molecule has 0 spiro atoms. The van der Waals surface area contributed by atoms with Gasteiger partial charge in [-0.05, 0) is 31.4 Å². The largest absolute Gasteiger partial charge is 0.391 e. The Morgan fingerprint density at radius 2 is 1.87 bits per heavy atom. The number of aromatic amines is 1.